The molecule has 0 bridgehead atoms. The van der Waals surface area contributed by atoms with E-state index in [1.165, 1.54) is 18.6 Å². The zero-order valence-corrected chi connectivity index (χ0v) is 10.2. The predicted octanol–water partition coefficient (Wildman–Crippen LogP) is 2.41. The summed E-state index contributed by atoms with van der Waals surface area (Å²) >= 11 is 7.49. The number of hydrogen-bond donors (Lipinski definition) is 1. The van der Waals surface area contributed by atoms with Crippen molar-refractivity contribution in [2.24, 2.45) is 0 Å². The van der Waals surface area contributed by atoms with Gasteiger partial charge >= 0.3 is 0 Å². The fraction of sp³-hybridized carbons (Fsp3) is 0.900. The SMILES string of the molecule is CC1(CNC(=O)CCCCl)CCCS1. The molecule has 1 amide bonds. The van der Waals surface area contributed by atoms with Crippen LogP contribution in [-0.2, 0) is 4.79 Å². The molecular weight excluding hydrogens is 218 g/mol. The summed E-state index contributed by atoms with van der Waals surface area (Å²) in [7, 11) is 0. The minimum absolute atomic E-state index is 0.138. The minimum Gasteiger partial charge on any atom is -0.355 e. The van der Waals surface area contributed by atoms with Crippen molar-refractivity contribution in [3.05, 3.63) is 0 Å². The van der Waals surface area contributed by atoms with Gasteiger partial charge in [0.1, 0.15) is 0 Å². The van der Waals surface area contributed by atoms with Crippen LogP contribution in [0.3, 0.4) is 0 Å². The molecule has 0 aromatic carbocycles. The molecule has 0 aromatic heterocycles. The highest BCUT2D eigenvalue weighted by molar-refractivity contribution is 8.00. The van der Waals surface area contributed by atoms with Crippen LogP contribution < -0.4 is 5.32 Å². The lowest BCUT2D eigenvalue weighted by Gasteiger charge is -2.22. The largest absolute Gasteiger partial charge is 0.355 e. The molecule has 0 aromatic rings. The molecule has 14 heavy (non-hydrogen) atoms. The van der Waals surface area contributed by atoms with Crippen molar-refractivity contribution in [2.75, 3.05) is 18.2 Å². The molecule has 1 fully saturated rings. The van der Waals surface area contributed by atoms with Gasteiger partial charge in [0.2, 0.25) is 5.91 Å². The molecule has 0 radical (unpaired) electrons. The second kappa shape index (κ2) is 5.86. The Hall–Kier alpha value is 0.110. The van der Waals surface area contributed by atoms with E-state index >= 15 is 0 Å². The molecule has 1 N–H and O–H groups in total. The lowest BCUT2D eigenvalue weighted by Crippen LogP contribution is -2.36. The zero-order valence-electron chi connectivity index (χ0n) is 8.64. The van der Waals surface area contributed by atoms with E-state index in [1.54, 1.807) is 0 Å². The van der Waals surface area contributed by atoms with Crippen LogP contribution >= 0.6 is 23.4 Å². The average Bonchev–Trinajstić information content (AvgIpc) is 2.60. The Kier molecular flexibility index (Phi) is 5.10. The first-order chi connectivity index (χ1) is 6.66. The van der Waals surface area contributed by atoms with E-state index in [-0.39, 0.29) is 10.7 Å². The Bertz CT molecular complexity index is 193. The lowest BCUT2D eigenvalue weighted by atomic mass is 10.1. The Morgan fingerprint density at radius 3 is 3.00 bits per heavy atom. The highest BCUT2D eigenvalue weighted by Crippen LogP contribution is 2.36. The molecule has 4 heteroatoms. The molecular formula is C10H18ClNOS. The second-order valence-electron chi connectivity index (χ2n) is 3.97. The van der Waals surface area contributed by atoms with Crippen molar-refractivity contribution in [1.82, 2.24) is 5.32 Å². The fourth-order valence-corrected chi connectivity index (χ4v) is 2.96. The van der Waals surface area contributed by atoms with Gasteiger partial charge in [0.25, 0.3) is 0 Å². The van der Waals surface area contributed by atoms with E-state index < -0.39 is 0 Å². The summed E-state index contributed by atoms with van der Waals surface area (Å²) in [6.07, 6.45) is 3.83. The summed E-state index contributed by atoms with van der Waals surface area (Å²) in [6, 6.07) is 0. The third-order valence-electron chi connectivity index (χ3n) is 2.50. The smallest absolute Gasteiger partial charge is 0.220 e. The van der Waals surface area contributed by atoms with Gasteiger partial charge in [0, 0.05) is 23.6 Å². The van der Waals surface area contributed by atoms with Gasteiger partial charge in [0.05, 0.1) is 0 Å². The molecule has 0 saturated carbocycles. The summed E-state index contributed by atoms with van der Waals surface area (Å²) in [4.78, 5) is 11.3. The summed E-state index contributed by atoms with van der Waals surface area (Å²) in [5, 5.41) is 2.98. The van der Waals surface area contributed by atoms with Crippen LogP contribution in [0, 0.1) is 0 Å². The predicted molar refractivity (Wildman–Crippen MR) is 63.1 cm³/mol. The second-order valence-corrected chi connectivity index (χ2v) is 6.03. The number of carbonyl (C=O) groups excluding carboxylic acids is 1. The third-order valence-corrected chi connectivity index (χ3v) is 4.30. The Balaban J connectivity index is 2.15. The molecule has 1 rings (SSSR count). The van der Waals surface area contributed by atoms with E-state index in [2.05, 4.69) is 12.2 Å². The van der Waals surface area contributed by atoms with Crippen LogP contribution in [0.25, 0.3) is 0 Å². The van der Waals surface area contributed by atoms with Crippen molar-refractivity contribution >= 4 is 29.3 Å². The number of hydrogen-bond acceptors (Lipinski definition) is 2. The normalized spacial score (nSPS) is 26.4. The topological polar surface area (TPSA) is 29.1 Å². The molecule has 1 heterocycles. The number of alkyl halides is 1. The van der Waals surface area contributed by atoms with Crippen molar-refractivity contribution in [3.63, 3.8) is 0 Å². The first kappa shape index (κ1) is 12.2. The van der Waals surface area contributed by atoms with E-state index in [1.807, 2.05) is 11.8 Å². The van der Waals surface area contributed by atoms with Crippen LogP contribution in [0.5, 0.6) is 0 Å². The first-order valence-electron chi connectivity index (χ1n) is 5.13. The number of amides is 1. The highest BCUT2D eigenvalue weighted by Gasteiger charge is 2.29. The summed E-state index contributed by atoms with van der Waals surface area (Å²) in [5.41, 5.74) is 0. The van der Waals surface area contributed by atoms with Crippen molar-refractivity contribution in [1.29, 1.82) is 0 Å². The van der Waals surface area contributed by atoms with Gasteiger partial charge in [-0.1, -0.05) is 0 Å². The molecule has 0 spiro atoms. The van der Waals surface area contributed by atoms with Gasteiger partial charge in [-0.15, -0.1) is 11.6 Å². The van der Waals surface area contributed by atoms with Crippen molar-refractivity contribution in [2.45, 2.75) is 37.4 Å². The van der Waals surface area contributed by atoms with Crippen LogP contribution in [0.1, 0.15) is 32.6 Å². The number of thioether (sulfide) groups is 1. The Morgan fingerprint density at radius 1 is 1.64 bits per heavy atom. The van der Waals surface area contributed by atoms with E-state index in [4.69, 9.17) is 11.6 Å². The monoisotopic (exact) mass is 235 g/mol. The highest BCUT2D eigenvalue weighted by atomic mass is 35.5. The molecule has 1 aliphatic heterocycles. The third kappa shape index (κ3) is 4.09. The maximum atomic E-state index is 11.3. The fourth-order valence-electron chi connectivity index (χ4n) is 1.58. The van der Waals surface area contributed by atoms with E-state index in [0.717, 1.165) is 13.0 Å². The van der Waals surface area contributed by atoms with Crippen LogP contribution in [-0.4, -0.2) is 28.8 Å². The maximum Gasteiger partial charge on any atom is 0.220 e. The molecule has 2 nitrogen and oxygen atoms in total. The molecule has 1 unspecified atom stereocenters. The lowest BCUT2D eigenvalue weighted by molar-refractivity contribution is -0.121. The Labute approximate surface area is 95.2 Å². The van der Waals surface area contributed by atoms with Crippen molar-refractivity contribution < 1.29 is 4.79 Å². The summed E-state index contributed by atoms with van der Waals surface area (Å²) < 4.78 is 0.274. The Morgan fingerprint density at radius 2 is 2.43 bits per heavy atom. The van der Waals surface area contributed by atoms with E-state index in [9.17, 15) is 4.79 Å². The quantitative estimate of drug-likeness (QED) is 0.742. The maximum absolute atomic E-state index is 11.3. The van der Waals surface area contributed by atoms with Gasteiger partial charge in [-0.2, -0.15) is 11.8 Å². The van der Waals surface area contributed by atoms with Crippen LogP contribution in [0.15, 0.2) is 0 Å². The van der Waals surface area contributed by atoms with E-state index in [0.29, 0.717) is 12.3 Å². The summed E-state index contributed by atoms with van der Waals surface area (Å²) in [6.45, 7) is 3.03. The minimum atomic E-state index is 0.138. The molecule has 1 atom stereocenters. The number of carbonyl (C=O) groups is 1. The molecule has 82 valence electrons. The molecule has 1 saturated heterocycles. The van der Waals surface area contributed by atoms with Gasteiger partial charge in [-0.25, -0.2) is 0 Å². The summed E-state index contributed by atoms with van der Waals surface area (Å²) in [5.74, 6) is 1.94. The number of rotatable bonds is 5. The van der Waals surface area contributed by atoms with Crippen LogP contribution in [0.2, 0.25) is 0 Å². The molecule has 1 aliphatic rings. The van der Waals surface area contributed by atoms with Crippen LogP contribution in [0.4, 0.5) is 0 Å². The average molecular weight is 236 g/mol. The number of halogens is 1. The van der Waals surface area contributed by atoms with Gasteiger partial charge in [-0.3, -0.25) is 4.79 Å². The zero-order chi connectivity index (χ0) is 10.4. The number of nitrogens with one attached hydrogen (secondary N) is 1. The van der Waals surface area contributed by atoms with Gasteiger partial charge in [0.15, 0.2) is 0 Å². The molecule has 0 aliphatic carbocycles. The first-order valence-corrected chi connectivity index (χ1v) is 6.65. The van der Waals surface area contributed by atoms with Crippen molar-refractivity contribution in [3.8, 4) is 0 Å². The van der Waals surface area contributed by atoms with Gasteiger partial charge in [-0.05, 0) is 31.9 Å². The van der Waals surface area contributed by atoms with Gasteiger partial charge < -0.3 is 5.32 Å². The standard InChI is InChI=1S/C10H18ClNOS/c1-10(5-3-7-14-10)8-12-9(13)4-2-6-11/h2-8H2,1H3,(H,12,13).